The Hall–Kier alpha value is -3.43. The summed E-state index contributed by atoms with van der Waals surface area (Å²) in [5, 5.41) is 7.54. The summed E-state index contributed by atoms with van der Waals surface area (Å²) < 4.78 is 5.02. The molecule has 5 amide bonds. The summed E-state index contributed by atoms with van der Waals surface area (Å²) in [5.41, 5.74) is 0.118. The van der Waals surface area contributed by atoms with Gasteiger partial charge in [-0.15, -0.1) is 0 Å². The summed E-state index contributed by atoms with van der Waals surface area (Å²) in [7, 11) is 0. The molecule has 0 saturated heterocycles. The zero-order chi connectivity index (χ0) is 23.0. The van der Waals surface area contributed by atoms with E-state index in [4.69, 9.17) is 4.74 Å². The number of rotatable bonds is 9. The number of nitrogens with one attached hydrogen (secondary N) is 3. The van der Waals surface area contributed by atoms with E-state index in [1.54, 1.807) is 45.0 Å². The fourth-order valence-electron chi connectivity index (χ4n) is 2.86. The summed E-state index contributed by atoms with van der Waals surface area (Å²) in [5.74, 6) is -1.35. The van der Waals surface area contributed by atoms with Crippen LogP contribution in [-0.2, 0) is 14.3 Å². The van der Waals surface area contributed by atoms with Crippen LogP contribution in [0.15, 0.2) is 24.3 Å². The number of hydrogen-bond acceptors (Lipinski definition) is 6. The summed E-state index contributed by atoms with van der Waals surface area (Å²) >= 11 is 0. The highest BCUT2D eigenvalue weighted by Gasteiger charge is 2.34. The summed E-state index contributed by atoms with van der Waals surface area (Å²) in [4.78, 5) is 60.7. The molecule has 0 spiro atoms. The lowest BCUT2D eigenvalue weighted by Gasteiger charge is -2.19. The van der Waals surface area contributed by atoms with Crippen LogP contribution in [0.25, 0.3) is 0 Å². The Morgan fingerprint density at radius 1 is 0.903 bits per heavy atom. The van der Waals surface area contributed by atoms with E-state index in [2.05, 4.69) is 16.0 Å². The van der Waals surface area contributed by atoms with Crippen LogP contribution in [-0.4, -0.2) is 66.4 Å². The third-order valence-electron chi connectivity index (χ3n) is 4.23. The molecule has 1 heterocycles. The first-order valence-corrected chi connectivity index (χ1v) is 10.0. The second-order valence-corrected chi connectivity index (χ2v) is 7.97. The Bertz CT molecular complexity index is 827. The summed E-state index contributed by atoms with van der Waals surface area (Å²) in [6, 6.07) is 6.62. The van der Waals surface area contributed by atoms with Gasteiger partial charge in [0.1, 0.15) is 5.60 Å². The van der Waals surface area contributed by atoms with E-state index in [0.717, 1.165) is 4.90 Å². The van der Waals surface area contributed by atoms with Crippen LogP contribution in [0.5, 0.6) is 0 Å². The molecule has 0 fully saturated rings. The number of ether oxygens (including phenoxy) is 1. The number of alkyl carbamates (subject to hydrolysis) is 1. The average molecular weight is 432 g/mol. The molecular weight excluding hydrogens is 404 g/mol. The van der Waals surface area contributed by atoms with Crippen LogP contribution >= 0.6 is 0 Å². The molecule has 0 unspecified atom stereocenters. The molecule has 0 radical (unpaired) electrons. The minimum atomic E-state index is -0.686. The molecule has 0 bridgehead atoms. The van der Waals surface area contributed by atoms with Gasteiger partial charge in [-0.3, -0.25) is 24.1 Å². The largest absolute Gasteiger partial charge is 0.444 e. The number of benzene rings is 1. The van der Waals surface area contributed by atoms with Gasteiger partial charge in [-0.25, -0.2) is 4.79 Å². The van der Waals surface area contributed by atoms with Gasteiger partial charge in [-0.05, 0) is 39.3 Å². The van der Waals surface area contributed by atoms with E-state index in [1.807, 2.05) is 0 Å². The number of carbonyl (C=O) groups excluding carboxylic acids is 5. The molecule has 1 aromatic carbocycles. The third-order valence-corrected chi connectivity index (χ3v) is 4.23. The molecule has 10 heteroatoms. The predicted molar refractivity (Wildman–Crippen MR) is 111 cm³/mol. The molecule has 168 valence electrons. The molecule has 0 aromatic heterocycles. The van der Waals surface area contributed by atoms with Crippen LogP contribution in [0.4, 0.5) is 4.79 Å². The van der Waals surface area contributed by atoms with E-state index >= 15 is 0 Å². The van der Waals surface area contributed by atoms with Gasteiger partial charge in [0.25, 0.3) is 11.8 Å². The Balaban J connectivity index is 1.57. The highest BCUT2D eigenvalue weighted by atomic mass is 16.6. The van der Waals surface area contributed by atoms with Crippen molar-refractivity contribution in [1.82, 2.24) is 20.9 Å². The molecule has 1 aliphatic heterocycles. The van der Waals surface area contributed by atoms with Crippen molar-refractivity contribution in [2.75, 3.05) is 26.2 Å². The van der Waals surface area contributed by atoms with E-state index in [9.17, 15) is 24.0 Å². The fourth-order valence-corrected chi connectivity index (χ4v) is 2.86. The highest BCUT2D eigenvalue weighted by Crippen LogP contribution is 2.22. The van der Waals surface area contributed by atoms with Crippen molar-refractivity contribution in [2.45, 2.75) is 39.2 Å². The van der Waals surface area contributed by atoms with Gasteiger partial charge < -0.3 is 20.7 Å². The predicted octanol–water partition coefficient (Wildman–Crippen LogP) is 0.820. The maximum atomic E-state index is 12.3. The number of nitrogens with zero attached hydrogens (tertiary/aromatic N) is 1. The van der Waals surface area contributed by atoms with Crippen LogP contribution in [0.3, 0.4) is 0 Å². The van der Waals surface area contributed by atoms with Gasteiger partial charge in [0.15, 0.2) is 0 Å². The van der Waals surface area contributed by atoms with Crippen molar-refractivity contribution in [3.63, 3.8) is 0 Å². The van der Waals surface area contributed by atoms with Crippen molar-refractivity contribution < 1.29 is 28.7 Å². The number of fused-ring (bicyclic) bond motifs is 1. The van der Waals surface area contributed by atoms with E-state index in [-0.39, 0.29) is 50.3 Å². The van der Waals surface area contributed by atoms with Crippen LogP contribution in [0.1, 0.15) is 54.3 Å². The molecule has 0 saturated carbocycles. The minimum Gasteiger partial charge on any atom is -0.444 e. The van der Waals surface area contributed by atoms with Crippen molar-refractivity contribution in [2.24, 2.45) is 0 Å². The van der Waals surface area contributed by atoms with Crippen molar-refractivity contribution in [1.29, 1.82) is 0 Å². The van der Waals surface area contributed by atoms with Crippen LogP contribution < -0.4 is 16.0 Å². The van der Waals surface area contributed by atoms with Gasteiger partial charge in [0, 0.05) is 26.1 Å². The van der Waals surface area contributed by atoms with Gasteiger partial charge in [0.2, 0.25) is 11.8 Å². The number of amides is 5. The molecule has 1 aromatic rings. The second-order valence-electron chi connectivity index (χ2n) is 7.97. The van der Waals surface area contributed by atoms with Crippen LogP contribution in [0.2, 0.25) is 0 Å². The van der Waals surface area contributed by atoms with E-state index in [1.165, 1.54) is 0 Å². The summed E-state index contributed by atoms with van der Waals surface area (Å²) in [6.07, 6.45) is -0.209. The first-order chi connectivity index (χ1) is 14.6. The van der Waals surface area contributed by atoms with Crippen LogP contribution in [0, 0.1) is 0 Å². The minimum absolute atomic E-state index is 0.140. The zero-order valence-corrected chi connectivity index (χ0v) is 17.9. The molecule has 3 N–H and O–H groups in total. The Morgan fingerprint density at radius 3 is 2.00 bits per heavy atom. The molecule has 1 aliphatic rings. The summed E-state index contributed by atoms with van der Waals surface area (Å²) in [6.45, 7) is 5.48. The zero-order valence-electron chi connectivity index (χ0n) is 17.9. The lowest BCUT2D eigenvalue weighted by atomic mass is 10.1. The molecule has 0 atom stereocenters. The first-order valence-electron chi connectivity index (χ1n) is 10.0. The quantitative estimate of drug-likeness (QED) is 0.391. The number of carbonyl (C=O) groups is 5. The standard InChI is InChI=1S/C21H28N4O6/c1-21(2,3)31-20(30)24-13-17(27)23-11-10-22-16(26)9-6-12-25-18(28)14-7-4-5-8-15(14)19(25)29/h4-5,7-8H,6,9-13H2,1-3H3,(H,22,26)(H,23,27)(H,24,30). The topological polar surface area (TPSA) is 134 Å². The van der Waals surface area contributed by atoms with Crippen molar-refractivity contribution >= 4 is 29.7 Å². The molecular formula is C21H28N4O6. The first kappa shape index (κ1) is 23.8. The SMILES string of the molecule is CC(C)(C)OC(=O)NCC(=O)NCCNC(=O)CCCN1C(=O)c2ccccc2C1=O. The maximum Gasteiger partial charge on any atom is 0.408 e. The highest BCUT2D eigenvalue weighted by molar-refractivity contribution is 6.21. The van der Waals surface area contributed by atoms with Gasteiger partial charge in [-0.1, -0.05) is 12.1 Å². The lowest BCUT2D eigenvalue weighted by molar-refractivity contribution is -0.122. The number of hydrogen-bond donors (Lipinski definition) is 3. The van der Waals surface area contributed by atoms with Gasteiger partial charge in [-0.2, -0.15) is 0 Å². The normalized spacial score (nSPS) is 12.9. The molecule has 0 aliphatic carbocycles. The van der Waals surface area contributed by atoms with Gasteiger partial charge >= 0.3 is 6.09 Å². The van der Waals surface area contributed by atoms with E-state index < -0.39 is 17.6 Å². The fraction of sp³-hybridized carbons (Fsp3) is 0.476. The Kier molecular flexibility index (Phi) is 8.12. The Labute approximate surface area is 180 Å². The average Bonchev–Trinajstić information content (AvgIpc) is 2.93. The third kappa shape index (κ3) is 7.40. The van der Waals surface area contributed by atoms with Crippen molar-refractivity contribution in [3.05, 3.63) is 35.4 Å². The molecule has 2 rings (SSSR count). The monoisotopic (exact) mass is 432 g/mol. The smallest absolute Gasteiger partial charge is 0.408 e. The second kappa shape index (κ2) is 10.6. The number of imide groups is 1. The lowest BCUT2D eigenvalue weighted by Crippen LogP contribution is -2.42. The van der Waals surface area contributed by atoms with Crippen molar-refractivity contribution in [3.8, 4) is 0 Å². The maximum absolute atomic E-state index is 12.3. The Morgan fingerprint density at radius 2 is 1.45 bits per heavy atom. The van der Waals surface area contributed by atoms with E-state index in [0.29, 0.717) is 17.5 Å². The molecule has 31 heavy (non-hydrogen) atoms. The molecule has 10 nitrogen and oxygen atoms in total. The van der Waals surface area contributed by atoms with Gasteiger partial charge in [0.05, 0.1) is 17.7 Å².